The fourth-order valence-electron chi connectivity index (χ4n) is 1.05. The van der Waals surface area contributed by atoms with Crippen molar-refractivity contribution in [3.63, 3.8) is 0 Å². The molecule has 0 bridgehead atoms. The Labute approximate surface area is 108 Å². The normalized spacial score (nSPS) is 9.18. The molecule has 10 nitrogen and oxygen atoms in total. The van der Waals surface area contributed by atoms with E-state index in [1.165, 1.54) is 0 Å². The smallest absolute Gasteiger partial charge is 0.868 e. The summed E-state index contributed by atoms with van der Waals surface area (Å²) in [7, 11) is 0. The van der Waals surface area contributed by atoms with Gasteiger partial charge in [-0.05, 0) is 5.75 Å². The van der Waals surface area contributed by atoms with Crippen molar-refractivity contribution in [1.29, 1.82) is 0 Å². The minimum Gasteiger partial charge on any atom is -0.868 e. The number of hydrogen-bond donors (Lipinski definition) is 0. The molecule has 0 aromatic heterocycles. The Bertz CT molecular complexity index is 503. The molecule has 1 aromatic rings. The quantitative estimate of drug-likeness (QED) is 0.442. The van der Waals surface area contributed by atoms with E-state index in [1.54, 1.807) is 0 Å². The first-order valence-corrected chi connectivity index (χ1v) is 3.63. The Morgan fingerprint density at radius 1 is 0.824 bits per heavy atom. The zero-order chi connectivity index (χ0) is 12.5. The van der Waals surface area contributed by atoms with E-state index in [4.69, 9.17) is 0 Å². The predicted octanol–water partition coefficient (Wildman–Crippen LogP) is 0.482. The molecular formula is C6H2AgN3O7. The standard InChI is InChI=1S/C6H3N3O7.Ag/c10-4-2-1-3(7(11)12)5(8(13)14)6(4)9(15)16;/h1-2,10H;/q;+1/p-1. The van der Waals surface area contributed by atoms with E-state index in [0.29, 0.717) is 12.1 Å². The van der Waals surface area contributed by atoms with Crippen molar-refractivity contribution in [2.24, 2.45) is 0 Å². The third kappa shape index (κ3) is 2.75. The van der Waals surface area contributed by atoms with Gasteiger partial charge >= 0.3 is 39.4 Å². The third-order valence-corrected chi connectivity index (χ3v) is 1.65. The van der Waals surface area contributed by atoms with Crippen LogP contribution in [0.1, 0.15) is 0 Å². The fraction of sp³-hybridized carbons (Fsp3) is 0. The van der Waals surface area contributed by atoms with Gasteiger partial charge in [0.05, 0.1) is 14.8 Å². The Kier molecular flexibility index (Phi) is 4.70. The Hall–Kier alpha value is -2.04. The van der Waals surface area contributed by atoms with Gasteiger partial charge in [0.2, 0.25) is 0 Å². The van der Waals surface area contributed by atoms with Crippen molar-refractivity contribution in [3.8, 4) is 5.75 Å². The molecule has 0 heterocycles. The number of nitrogens with zero attached hydrogens (tertiary/aromatic N) is 3. The molecule has 11 heteroatoms. The van der Waals surface area contributed by atoms with E-state index >= 15 is 0 Å². The molecule has 0 spiro atoms. The molecule has 17 heavy (non-hydrogen) atoms. The second kappa shape index (κ2) is 5.34. The van der Waals surface area contributed by atoms with Crippen LogP contribution in [0.4, 0.5) is 17.1 Å². The average Bonchev–Trinajstić information content (AvgIpc) is 2.15. The molecule has 94 valence electrons. The van der Waals surface area contributed by atoms with Crippen molar-refractivity contribution < 1.29 is 42.3 Å². The summed E-state index contributed by atoms with van der Waals surface area (Å²) in [5.41, 5.74) is -3.89. The maximum atomic E-state index is 11.0. The number of nitro groups is 3. The molecule has 0 aliphatic carbocycles. The average molecular weight is 336 g/mol. The van der Waals surface area contributed by atoms with Crippen LogP contribution in [0.15, 0.2) is 12.1 Å². The van der Waals surface area contributed by atoms with Gasteiger partial charge in [-0.25, -0.2) is 0 Å². The summed E-state index contributed by atoms with van der Waals surface area (Å²) in [6.07, 6.45) is 0. The van der Waals surface area contributed by atoms with Crippen molar-refractivity contribution in [2.45, 2.75) is 0 Å². The zero-order valence-electron chi connectivity index (χ0n) is 7.66. The maximum Gasteiger partial charge on any atom is 1.00 e. The van der Waals surface area contributed by atoms with Crippen molar-refractivity contribution in [1.82, 2.24) is 0 Å². The van der Waals surface area contributed by atoms with Gasteiger partial charge in [-0.2, -0.15) is 0 Å². The number of rotatable bonds is 3. The van der Waals surface area contributed by atoms with Gasteiger partial charge in [-0.3, -0.25) is 30.3 Å². The molecular weight excluding hydrogens is 334 g/mol. The SMILES string of the molecule is O=[N+]([O-])c1ccc([O-])c([N+](=O)[O-])c1[N+](=O)[O-].[Ag+]. The second-order valence-electron chi connectivity index (χ2n) is 2.55. The Balaban J connectivity index is 0.00000256. The summed E-state index contributed by atoms with van der Waals surface area (Å²) >= 11 is 0. The van der Waals surface area contributed by atoms with E-state index in [0.717, 1.165) is 0 Å². The van der Waals surface area contributed by atoms with E-state index in [2.05, 4.69) is 0 Å². The van der Waals surface area contributed by atoms with Gasteiger partial charge in [0.15, 0.2) is 0 Å². The molecule has 1 rings (SSSR count). The van der Waals surface area contributed by atoms with E-state index in [9.17, 15) is 35.4 Å². The molecule has 0 atom stereocenters. The summed E-state index contributed by atoms with van der Waals surface area (Å²) in [6.45, 7) is 0. The van der Waals surface area contributed by atoms with Gasteiger partial charge < -0.3 is 5.11 Å². The van der Waals surface area contributed by atoms with Crippen LogP contribution in [0.3, 0.4) is 0 Å². The molecule has 0 fully saturated rings. The zero-order valence-corrected chi connectivity index (χ0v) is 9.14. The summed E-state index contributed by atoms with van der Waals surface area (Å²) in [5.74, 6) is -1.25. The third-order valence-electron chi connectivity index (χ3n) is 1.65. The van der Waals surface area contributed by atoms with Gasteiger partial charge in [-0.1, -0.05) is 6.07 Å². The molecule has 0 saturated heterocycles. The van der Waals surface area contributed by atoms with Gasteiger partial charge in [0.25, 0.3) is 0 Å². The molecule has 0 N–H and O–H groups in total. The first kappa shape index (κ1) is 15.0. The van der Waals surface area contributed by atoms with Gasteiger partial charge in [-0.15, -0.1) is 0 Å². The summed E-state index contributed by atoms with van der Waals surface area (Å²) in [5, 5.41) is 42.2. The summed E-state index contributed by atoms with van der Waals surface area (Å²) in [6, 6.07) is 1.11. The first-order chi connectivity index (χ1) is 7.36. The Morgan fingerprint density at radius 3 is 1.65 bits per heavy atom. The van der Waals surface area contributed by atoms with Crippen LogP contribution < -0.4 is 5.11 Å². The molecule has 0 amide bonds. The minimum absolute atomic E-state index is 0. The molecule has 1 aromatic carbocycles. The van der Waals surface area contributed by atoms with Crippen molar-refractivity contribution >= 4 is 17.1 Å². The van der Waals surface area contributed by atoms with Crippen molar-refractivity contribution in [2.75, 3.05) is 0 Å². The van der Waals surface area contributed by atoms with Crippen LogP contribution in [0.25, 0.3) is 0 Å². The first-order valence-electron chi connectivity index (χ1n) is 3.63. The predicted molar refractivity (Wildman–Crippen MR) is 45.9 cm³/mol. The largest absolute Gasteiger partial charge is 1.00 e. The van der Waals surface area contributed by atoms with Crippen LogP contribution in [0.5, 0.6) is 5.75 Å². The number of nitro benzene ring substituents is 3. The minimum atomic E-state index is -1.40. The van der Waals surface area contributed by atoms with Crippen molar-refractivity contribution in [3.05, 3.63) is 42.5 Å². The monoisotopic (exact) mass is 335 g/mol. The van der Waals surface area contributed by atoms with Gasteiger partial charge in [0.1, 0.15) is 0 Å². The van der Waals surface area contributed by atoms with E-state index < -0.39 is 37.6 Å². The second-order valence-corrected chi connectivity index (χ2v) is 2.55. The number of benzene rings is 1. The Morgan fingerprint density at radius 2 is 1.29 bits per heavy atom. The molecule has 0 aliphatic heterocycles. The molecule has 0 saturated carbocycles. The van der Waals surface area contributed by atoms with Crippen LogP contribution in [-0.4, -0.2) is 14.8 Å². The van der Waals surface area contributed by atoms with Crippen LogP contribution in [0, 0.1) is 30.3 Å². The topological polar surface area (TPSA) is 152 Å². The van der Waals surface area contributed by atoms with Crippen LogP contribution in [-0.2, 0) is 22.4 Å². The summed E-state index contributed by atoms with van der Waals surface area (Å²) < 4.78 is 0. The molecule has 0 radical (unpaired) electrons. The van der Waals surface area contributed by atoms with E-state index in [1.807, 2.05) is 0 Å². The maximum absolute atomic E-state index is 11.0. The fourth-order valence-corrected chi connectivity index (χ4v) is 1.05. The van der Waals surface area contributed by atoms with E-state index in [-0.39, 0.29) is 22.4 Å². The van der Waals surface area contributed by atoms with Crippen LogP contribution in [0.2, 0.25) is 0 Å². The van der Waals surface area contributed by atoms with Gasteiger partial charge in [0, 0.05) is 6.07 Å². The van der Waals surface area contributed by atoms with Crippen LogP contribution >= 0.6 is 0 Å². The summed E-state index contributed by atoms with van der Waals surface area (Å²) in [4.78, 5) is 27.5. The molecule has 0 aliphatic rings. The number of hydrogen-bond acceptors (Lipinski definition) is 7. The molecule has 0 unspecified atom stereocenters.